The second-order valence-electron chi connectivity index (χ2n) is 8.20. The first kappa shape index (κ1) is 23.3. The summed E-state index contributed by atoms with van der Waals surface area (Å²) in [7, 11) is 0. The maximum absolute atomic E-state index is 12.9. The number of rotatable bonds is 7. The summed E-state index contributed by atoms with van der Waals surface area (Å²) in [5.41, 5.74) is 4.11. The van der Waals surface area contributed by atoms with Crippen molar-refractivity contribution >= 4 is 27.8 Å². The summed E-state index contributed by atoms with van der Waals surface area (Å²) in [5.74, 6) is 0.417. The first-order chi connectivity index (χ1) is 16.0. The number of ether oxygens (including phenoxy) is 2. The SMILES string of the molecule is CCOc1cc(C#N)c(Br)cc1CC(=O)N1CCN(CCc2ccc3c(c2)COC3=O)CC1. The van der Waals surface area contributed by atoms with Gasteiger partial charge in [-0.3, -0.25) is 9.69 Å². The maximum Gasteiger partial charge on any atom is 0.338 e. The summed E-state index contributed by atoms with van der Waals surface area (Å²) in [6, 6.07) is 11.5. The van der Waals surface area contributed by atoms with Crippen LogP contribution in [0.25, 0.3) is 0 Å². The van der Waals surface area contributed by atoms with Gasteiger partial charge in [0.2, 0.25) is 5.91 Å². The van der Waals surface area contributed by atoms with E-state index in [1.807, 2.05) is 30.0 Å². The average molecular weight is 512 g/mol. The van der Waals surface area contributed by atoms with Crippen LogP contribution in [0.1, 0.15) is 39.5 Å². The molecule has 7 nitrogen and oxygen atoms in total. The lowest BCUT2D eigenvalue weighted by atomic mass is 10.0. The number of nitriles is 1. The van der Waals surface area contributed by atoms with E-state index in [0.717, 1.165) is 37.2 Å². The van der Waals surface area contributed by atoms with E-state index in [2.05, 4.69) is 33.0 Å². The topological polar surface area (TPSA) is 82.9 Å². The van der Waals surface area contributed by atoms with Crippen LogP contribution < -0.4 is 4.74 Å². The van der Waals surface area contributed by atoms with E-state index in [1.165, 1.54) is 5.56 Å². The maximum atomic E-state index is 12.9. The third kappa shape index (κ3) is 5.37. The van der Waals surface area contributed by atoms with Gasteiger partial charge in [0.05, 0.1) is 24.2 Å². The lowest BCUT2D eigenvalue weighted by Gasteiger charge is -2.35. The van der Waals surface area contributed by atoms with E-state index in [-0.39, 0.29) is 18.3 Å². The molecule has 2 aliphatic rings. The molecule has 2 heterocycles. The second kappa shape index (κ2) is 10.4. The Hall–Kier alpha value is -2.89. The largest absolute Gasteiger partial charge is 0.494 e. The van der Waals surface area contributed by atoms with Crippen molar-refractivity contribution in [2.75, 3.05) is 39.3 Å². The Labute approximate surface area is 202 Å². The number of carbonyl (C=O) groups is 2. The molecule has 2 aromatic carbocycles. The quantitative estimate of drug-likeness (QED) is 0.530. The first-order valence-corrected chi connectivity index (χ1v) is 11.9. The zero-order chi connectivity index (χ0) is 23.4. The minimum Gasteiger partial charge on any atom is -0.494 e. The predicted molar refractivity (Wildman–Crippen MR) is 126 cm³/mol. The molecule has 4 rings (SSSR count). The molecule has 1 saturated heterocycles. The van der Waals surface area contributed by atoms with Gasteiger partial charge in [-0.1, -0.05) is 12.1 Å². The monoisotopic (exact) mass is 511 g/mol. The van der Waals surface area contributed by atoms with Crippen LogP contribution in [0.4, 0.5) is 0 Å². The highest BCUT2D eigenvalue weighted by Crippen LogP contribution is 2.28. The molecule has 0 aromatic heterocycles. The van der Waals surface area contributed by atoms with Crippen LogP contribution in [0.2, 0.25) is 0 Å². The van der Waals surface area contributed by atoms with Gasteiger partial charge in [0, 0.05) is 48.3 Å². The fraction of sp³-hybridized carbons (Fsp3) is 0.400. The fourth-order valence-electron chi connectivity index (χ4n) is 4.23. The molecule has 0 spiro atoms. The van der Waals surface area contributed by atoms with E-state index in [1.54, 1.807) is 6.07 Å². The van der Waals surface area contributed by atoms with E-state index in [9.17, 15) is 14.9 Å². The number of hydrogen-bond donors (Lipinski definition) is 0. The van der Waals surface area contributed by atoms with Crippen molar-refractivity contribution in [2.45, 2.75) is 26.4 Å². The summed E-state index contributed by atoms with van der Waals surface area (Å²) < 4.78 is 11.4. The first-order valence-electron chi connectivity index (χ1n) is 11.1. The number of piperazine rings is 1. The molecule has 1 fully saturated rings. The number of nitrogens with zero attached hydrogens (tertiary/aromatic N) is 3. The highest BCUT2D eigenvalue weighted by molar-refractivity contribution is 9.10. The number of hydrogen-bond acceptors (Lipinski definition) is 6. The average Bonchev–Trinajstić information content (AvgIpc) is 3.19. The summed E-state index contributed by atoms with van der Waals surface area (Å²) in [6.07, 6.45) is 1.14. The van der Waals surface area contributed by atoms with E-state index in [4.69, 9.17) is 9.47 Å². The lowest BCUT2D eigenvalue weighted by Crippen LogP contribution is -2.49. The van der Waals surface area contributed by atoms with E-state index in [0.29, 0.717) is 47.7 Å². The van der Waals surface area contributed by atoms with Crippen molar-refractivity contribution < 1.29 is 19.1 Å². The van der Waals surface area contributed by atoms with Crippen molar-refractivity contribution in [3.63, 3.8) is 0 Å². The Morgan fingerprint density at radius 3 is 2.73 bits per heavy atom. The van der Waals surface area contributed by atoms with Gasteiger partial charge in [0.1, 0.15) is 18.4 Å². The van der Waals surface area contributed by atoms with Gasteiger partial charge in [-0.15, -0.1) is 0 Å². The zero-order valence-corrected chi connectivity index (χ0v) is 20.2. The van der Waals surface area contributed by atoms with Crippen LogP contribution in [-0.2, 0) is 29.0 Å². The molecule has 0 radical (unpaired) electrons. The summed E-state index contributed by atoms with van der Waals surface area (Å²) in [6.45, 7) is 6.66. The third-order valence-electron chi connectivity index (χ3n) is 6.10. The molecule has 2 aromatic rings. The second-order valence-corrected chi connectivity index (χ2v) is 9.06. The summed E-state index contributed by atoms with van der Waals surface area (Å²) in [4.78, 5) is 28.8. The Bertz CT molecular complexity index is 1100. The standard InChI is InChI=1S/C25H26BrN3O4/c1-2-32-23-13-19(15-27)22(26)12-18(23)14-24(30)29-9-7-28(8-10-29)6-5-17-3-4-21-20(11-17)16-33-25(21)31/h3-4,11-13H,2,5-10,14,16H2,1H3. The molecule has 0 aliphatic carbocycles. The van der Waals surface area contributed by atoms with Crippen LogP contribution in [-0.4, -0.2) is 61.0 Å². The normalized spacial score (nSPS) is 15.7. The smallest absolute Gasteiger partial charge is 0.338 e. The number of carbonyl (C=O) groups excluding carboxylic acids is 2. The molecule has 33 heavy (non-hydrogen) atoms. The molecule has 0 bridgehead atoms. The summed E-state index contributed by atoms with van der Waals surface area (Å²) >= 11 is 3.41. The third-order valence-corrected chi connectivity index (χ3v) is 6.76. The number of halogens is 1. The highest BCUT2D eigenvalue weighted by Gasteiger charge is 2.24. The number of esters is 1. The molecule has 2 aliphatic heterocycles. The molecule has 0 atom stereocenters. The number of cyclic esters (lactones) is 1. The van der Waals surface area contributed by atoms with Gasteiger partial charge in [-0.05, 0) is 53.0 Å². The van der Waals surface area contributed by atoms with Crippen molar-refractivity contribution in [1.29, 1.82) is 5.26 Å². The van der Waals surface area contributed by atoms with Crippen molar-refractivity contribution in [3.8, 4) is 11.8 Å². The van der Waals surface area contributed by atoms with Crippen molar-refractivity contribution in [2.24, 2.45) is 0 Å². The van der Waals surface area contributed by atoms with E-state index >= 15 is 0 Å². The lowest BCUT2D eigenvalue weighted by molar-refractivity contribution is -0.132. The Balaban J connectivity index is 1.29. The predicted octanol–water partition coefficient (Wildman–Crippen LogP) is 3.32. The number of fused-ring (bicyclic) bond motifs is 1. The van der Waals surface area contributed by atoms with Gasteiger partial charge < -0.3 is 14.4 Å². The van der Waals surface area contributed by atoms with Gasteiger partial charge in [0.25, 0.3) is 0 Å². The van der Waals surface area contributed by atoms with Crippen molar-refractivity contribution in [1.82, 2.24) is 9.80 Å². The van der Waals surface area contributed by atoms with E-state index < -0.39 is 0 Å². The minimum absolute atomic E-state index is 0.0653. The fourth-order valence-corrected chi connectivity index (χ4v) is 4.71. The van der Waals surface area contributed by atoms with Crippen LogP contribution in [0.3, 0.4) is 0 Å². The zero-order valence-electron chi connectivity index (χ0n) is 18.6. The Morgan fingerprint density at radius 1 is 1.21 bits per heavy atom. The van der Waals surface area contributed by atoms with Crippen molar-refractivity contribution in [3.05, 3.63) is 62.6 Å². The minimum atomic E-state index is -0.237. The molecule has 1 amide bonds. The molecule has 0 unspecified atom stereocenters. The number of benzene rings is 2. The van der Waals surface area contributed by atoms with Gasteiger partial charge >= 0.3 is 5.97 Å². The Morgan fingerprint density at radius 2 is 2.00 bits per heavy atom. The molecule has 0 N–H and O–H groups in total. The van der Waals surface area contributed by atoms with Crippen LogP contribution in [0.15, 0.2) is 34.8 Å². The van der Waals surface area contributed by atoms with Gasteiger partial charge in [-0.25, -0.2) is 4.79 Å². The molecule has 8 heteroatoms. The number of amides is 1. The molecular weight excluding hydrogens is 486 g/mol. The van der Waals surface area contributed by atoms with Crippen LogP contribution in [0.5, 0.6) is 5.75 Å². The molecule has 0 saturated carbocycles. The summed E-state index contributed by atoms with van der Waals surface area (Å²) in [5, 5.41) is 9.25. The Kier molecular flexibility index (Phi) is 7.31. The van der Waals surface area contributed by atoms with Crippen LogP contribution in [0, 0.1) is 11.3 Å². The van der Waals surface area contributed by atoms with Gasteiger partial charge in [-0.2, -0.15) is 5.26 Å². The molecular formula is C25H26BrN3O4. The van der Waals surface area contributed by atoms with Gasteiger partial charge in [0.15, 0.2) is 0 Å². The van der Waals surface area contributed by atoms with Crippen LogP contribution >= 0.6 is 15.9 Å². The highest BCUT2D eigenvalue weighted by atomic mass is 79.9. The molecule has 172 valence electrons.